The van der Waals surface area contributed by atoms with Gasteiger partial charge in [-0.15, -0.1) is 10.2 Å². The number of carbonyl (C=O) groups excluding carboxylic acids is 1. The SMILES string of the molecule is CCn1c(SCC(=O)NN=C(C)c2ccc(OC)cc2)nnc1-c1ccccc1. The molecule has 0 aliphatic carbocycles. The third-order valence-corrected chi connectivity index (χ3v) is 5.22. The predicted molar refractivity (Wildman–Crippen MR) is 115 cm³/mol. The molecule has 0 fully saturated rings. The van der Waals surface area contributed by atoms with Crippen molar-refractivity contribution < 1.29 is 9.53 Å². The van der Waals surface area contributed by atoms with Crippen molar-refractivity contribution in [1.29, 1.82) is 0 Å². The molecule has 150 valence electrons. The number of benzene rings is 2. The summed E-state index contributed by atoms with van der Waals surface area (Å²) in [5.74, 6) is 1.57. The van der Waals surface area contributed by atoms with Gasteiger partial charge in [0.15, 0.2) is 11.0 Å². The number of hydrazone groups is 1. The summed E-state index contributed by atoms with van der Waals surface area (Å²) in [6.45, 7) is 4.59. The number of nitrogens with one attached hydrogen (secondary N) is 1. The lowest BCUT2D eigenvalue weighted by atomic mass is 10.1. The van der Waals surface area contributed by atoms with Crippen LogP contribution in [0.1, 0.15) is 19.4 Å². The number of ether oxygens (including phenoxy) is 1. The maximum atomic E-state index is 12.2. The molecule has 3 rings (SSSR count). The molecular weight excluding hydrogens is 386 g/mol. The van der Waals surface area contributed by atoms with Crippen molar-refractivity contribution in [3.8, 4) is 17.1 Å². The first-order chi connectivity index (χ1) is 14.1. The number of hydrogen-bond acceptors (Lipinski definition) is 6. The quantitative estimate of drug-likeness (QED) is 0.349. The van der Waals surface area contributed by atoms with Gasteiger partial charge in [0.05, 0.1) is 18.6 Å². The summed E-state index contributed by atoms with van der Waals surface area (Å²) in [5, 5.41) is 13.4. The second-order valence-corrected chi connectivity index (χ2v) is 7.11. The minimum absolute atomic E-state index is 0.199. The van der Waals surface area contributed by atoms with Crippen molar-refractivity contribution in [2.75, 3.05) is 12.9 Å². The molecule has 0 aliphatic heterocycles. The Bertz CT molecular complexity index is 984. The van der Waals surface area contributed by atoms with Crippen molar-refractivity contribution in [3.05, 3.63) is 60.2 Å². The molecule has 1 N–H and O–H groups in total. The minimum Gasteiger partial charge on any atom is -0.497 e. The molecule has 0 saturated heterocycles. The lowest BCUT2D eigenvalue weighted by molar-refractivity contribution is -0.118. The topological polar surface area (TPSA) is 81.4 Å². The summed E-state index contributed by atoms with van der Waals surface area (Å²) in [6.07, 6.45) is 0. The molecule has 1 heterocycles. The molecule has 8 heteroatoms. The summed E-state index contributed by atoms with van der Waals surface area (Å²) in [5.41, 5.74) is 5.22. The monoisotopic (exact) mass is 409 g/mol. The van der Waals surface area contributed by atoms with Gasteiger partial charge in [-0.2, -0.15) is 5.10 Å². The number of hydrogen-bond donors (Lipinski definition) is 1. The fourth-order valence-electron chi connectivity index (χ4n) is 2.69. The van der Waals surface area contributed by atoms with Crippen LogP contribution >= 0.6 is 11.8 Å². The fourth-order valence-corrected chi connectivity index (χ4v) is 3.48. The van der Waals surface area contributed by atoms with Crippen LogP contribution in [-0.4, -0.2) is 39.2 Å². The molecule has 0 atom stereocenters. The number of methoxy groups -OCH3 is 1. The molecule has 1 aromatic heterocycles. The molecule has 0 saturated carbocycles. The van der Waals surface area contributed by atoms with E-state index in [1.54, 1.807) is 7.11 Å². The van der Waals surface area contributed by atoms with E-state index < -0.39 is 0 Å². The average Bonchev–Trinajstić information content (AvgIpc) is 3.19. The first-order valence-electron chi connectivity index (χ1n) is 9.21. The van der Waals surface area contributed by atoms with E-state index in [4.69, 9.17) is 4.74 Å². The van der Waals surface area contributed by atoms with Crippen LogP contribution < -0.4 is 10.2 Å². The first-order valence-corrected chi connectivity index (χ1v) is 10.2. The third-order valence-electron chi connectivity index (χ3n) is 4.25. The summed E-state index contributed by atoms with van der Waals surface area (Å²) < 4.78 is 7.14. The Morgan fingerprint density at radius 3 is 2.52 bits per heavy atom. The van der Waals surface area contributed by atoms with Gasteiger partial charge in [0.25, 0.3) is 5.91 Å². The number of aromatic nitrogens is 3. The summed E-state index contributed by atoms with van der Waals surface area (Å²) in [6, 6.07) is 17.4. The highest BCUT2D eigenvalue weighted by Crippen LogP contribution is 2.23. The van der Waals surface area contributed by atoms with Gasteiger partial charge >= 0.3 is 0 Å². The van der Waals surface area contributed by atoms with Crippen molar-refractivity contribution in [2.45, 2.75) is 25.5 Å². The van der Waals surface area contributed by atoms with E-state index in [2.05, 4.69) is 20.7 Å². The Labute approximate surface area is 174 Å². The molecule has 0 unspecified atom stereocenters. The molecule has 0 radical (unpaired) electrons. The number of thioether (sulfide) groups is 1. The normalized spacial score (nSPS) is 11.3. The van der Waals surface area contributed by atoms with E-state index >= 15 is 0 Å². The van der Waals surface area contributed by atoms with E-state index in [1.807, 2.05) is 73.0 Å². The Morgan fingerprint density at radius 1 is 1.14 bits per heavy atom. The molecule has 0 spiro atoms. The summed E-state index contributed by atoms with van der Waals surface area (Å²) in [7, 11) is 1.62. The number of rotatable bonds is 8. The lowest BCUT2D eigenvalue weighted by Gasteiger charge is -2.07. The Balaban J connectivity index is 1.60. The van der Waals surface area contributed by atoms with Gasteiger partial charge < -0.3 is 9.30 Å². The highest BCUT2D eigenvalue weighted by atomic mass is 32.2. The molecular formula is C21H23N5O2S. The zero-order chi connectivity index (χ0) is 20.6. The van der Waals surface area contributed by atoms with Crippen LogP contribution in [-0.2, 0) is 11.3 Å². The van der Waals surface area contributed by atoms with Gasteiger partial charge in [-0.05, 0) is 43.7 Å². The Morgan fingerprint density at radius 2 is 1.86 bits per heavy atom. The maximum Gasteiger partial charge on any atom is 0.250 e. The van der Waals surface area contributed by atoms with Crippen molar-refractivity contribution >= 4 is 23.4 Å². The van der Waals surface area contributed by atoms with Crippen LogP contribution in [0, 0.1) is 0 Å². The van der Waals surface area contributed by atoms with Gasteiger partial charge in [-0.3, -0.25) is 4.79 Å². The fraction of sp³-hybridized carbons (Fsp3) is 0.238. The molecule has 29 heavy (non-hydrogen) atoms. The number of nitrogens with zero attached hydrogens (tertiary/aromatic N) is 4. The van der Waals surface area contributed by atoms with Gasteiger partial charge in [0, 0.05) is 12.1 Å². The van der Waals surface area contributed by atoms with E-state index in [0.717, 1.165) is 29.2 Å². The van der Waals surface area contributed by atoms with Crippen molar-refractivity contribution in [3.63, 3.8) is 0 Å². The van der Waals surface area contributed by atoms with Gasteiger partial charge in [0.1, 0.15) is 5.75 Å². The zero-order valence-corrected chi connectivity index (χ0v) is 17.4. The van der Waals surface area contributed by atoms with Crippen LogP contribution in [0.2, 0.25) is 0 Å². The molecule has 2 aromatic carbocycles. The van der Waals surface area contributed by atoms with E-state index in [1.165, 1.54) is 11.8 Å². The highest BCUT2D eigenvalue weighted by Gasteiger charge is 2.14. The van der Waals surface area contributed by atoms with E-state index in [9.17, 15) is 4.79 Å². The van der Waals surface area contributed by atoms with Gasteiger partial charge in [0.2, 0.25) is 0 Å². The predicted octanol–water partition coefficient (Wildman–Crippen LogP) is 3.61. The standard InChI is InChI=1S/C21H23N5O2S/c1-4-26-20(17-8-6-5-7-9-17)24-25-21(26)29-14-19(27)23-22-15(2)16-10-12-18(28-3)13-11-16/h5-13H,4,14H2,1-3H3,(H,23,27). The van der Waals surface area contributed by atoms with Crippen molar-refractivity contribution in [1.82, 2.24) is 20.2 Å². The van der Waals surface area contributed by atoms with Crippen LogP contribution in [0.5, 0.6) is 5.75 Å². The molecule has 3 aromatic rings. The van der Waals surface area contributed by atoms with Crippen LogP contribution in [0.3, 0.4) is 0 Å². The number of amides is 1. The minimum atomic E-state index is -0.199. The molecule has 0 bridgehead atoms. The zero-order valence-electron chi connectivity index (χ0n) is 16.6. The average molecular weight is 410 g/mol. The number of carbonyl (C=O) groups is 1. The van der Waals surface area contributed by atoms with Gasteiger partial charge in [-0.1, -0.05) is 42.1 Å². The second-order valence-electron chi connectivity index (χ2n) is 6.17. The van der Waals surface area contributed by atoms with E-state index in [-0.39, 0.29) is 11.7 Å². The van der Waals surface area contributed by atoms with Crippen LogP contribution in [0.4, 0.5) is 0 Å². The maximum absolute atomic E-state index is 12.2. The second kappa shape index (κ2) is 9.88. The van der Waals surface area contributed by atoms with Crippen LogP contribution in [0.25, 0.3) is 11.4 Å². The van der Waals surface area contributed by atoms with Gasteiger partial charge in [-0.25, -0.2) is 5.43 Å². The molecule has 0 aliphatic rings. The lowest BCUT2D eigenvalue weighted by Crippen LogP contribution is -2.21. The highest BCUT2D eigenvalue weighted by molar-refractivity contribution is 7.99. The van der Waals surface area contributed by atoms with Crippen LogP contribution in [0.15, 0.2) is 64.9 Å². The Hall–Kier alpha value is -3.13. The third kappa shape index (κ3) is 5.23. The smallest absolute Gasteiger partial charge is 0.250 e. The molecule has 1 amide bonds. The first kappa shape index (κ1) is 20.6. The molecule has 7 nitrogen and oxygen atoms in total. The summed E-state index contributed by atoms with van der Waals surface area (Å²) in [4.78, 5) is 12.2. The summed E-state index contributed by atoms with van der Waals surface area (Å²) >= 11 is 1.34. The van der Waals surface area contributed by atoms with Crippen molar-refractivity contribution in [2.24, 2.45) is 5.10 Å². The van der Waals surface area contributed by atoms with E-state index in [0.29, 0.717) is 10.9 Å². The Kier molecular flexibility index (Phi) is 7.02. The largest absolute Gasteiger partial charge is 0.497 e.